The monoisotopic (exact) mass is 138 g/mol. The van der Waals surface area contributed by atoms with E-state index in [0.717, 1.165) is 19.4 Å². The van der Waals surface area contributed by atoms with Crippen LogP contribution in [0.2, 0.25) is 0 Å². The molecule has 2 aliphatic heterocycles. The van der Waals surface area contributed by atoms with Crippen molar-refractivity contribution < 1.29 is 4.79 Å². The highest BCUT2D eigenvalue weighted by Crippen LogP contribution is 2.22. The van der Waals surface area contributed by atoms with Crippen LogP contribution in [0.25, 0.3) is 0 Å². The van der Waals surface area contributed by atoms with Gasteiger partial charge < -0.3 is 5.32 Å². The number of nitrogens with one attached hydrogen (secondary N) is 1. The number of carbonyl (C=O) groups is 1. The lowest BCUT2D eigenvalue weighted by Crippen LogP contribution is -2.42. The highest BCUT2D eigenvalue weighted by atomic mass is 16.2. The van der Waals surface area contributed by atoms with Crippen LogP contribution in [-0.2, 0) is 4.79 Å². The SMILES string of the molecule is O=C1NCCC2N=CCC12. The molecule has 0 aromatic rings. The lowest BCUT2D eigenvalue weighted by Gasteiger charge is -2.22. The second-order valence-corrected chi connectivity index (χ2v) is 2.82. The Morgan fingerprint density at radius 1 is 1.70 bits per heavy atom. The van der Waals surface area contributed by atoms with Gasteiger partial charge in [0.05, 0.1) is 12.0 Å². The number of carbonyl (C=O) groups excluding carboxylic acids is 1. The molecule has 1 amide bonds. The van der Waals surface area contributed by atoms with Gasteiger partial charge in [0, 0.05) is 6.54 Å². The van der Waals surface area contributed by atoms with E-state index in [2.05, 4.69) is 10.3 Å². The van der Waals surface area contributed by atoms with Gasteiger partial charge in [-0.05, 0) is 19.1 Å². The van der Waals surface area contributed by atoms with Crippen LogP contribution >= 0.6 is 0 Å². The topological polar surface area (TPSA) is 41.5 Å². The number of fused-ring (bicyclic) bond motifs is 1. The third-order valence-electron chi connectivity index (χ3n) is 2.20. The van der Waals surface area contributed by atoms with Crippen LogP contribution < -0.4 is 5.32 Å². The molecular formula is C7H10N2O. The lowest BCUT2D eigenvalue weighted by molar-refractivity contribution is -0.126. The minimum atomic E-state index is 0.161. The largest absolute Gasteiger partial charge is 0.356 e. The molecule has 1 saturated heterocycles. The molecule has 2 heterocycles. The van der Waals surface area contributed by atoms with E-state index in [1.165, 1.54) is 0 Å². The summed E-state index contributed by atoms with van der Waals surface area (Å²) in [6, 6.07) is 0.300. The molecule has 0 radical (unpaired) electrons. The van der Waals surface area contributed by atoms with Gasteiger partial charge in [0.2, 0.25) is 5.91 Å². The first-order valence-electron chi connectivity index (χ1n) is 3.67. The number of amides is 1. The van der Waals surface area contributed by atoms with Crippen molar-refractivity contribution in [3.63, 3.8) is 0 Å². The van der Waals surface area contributed by atoms with E-state index in [-0.39, 0.29) is 11.8 Å². The van der Waals surface area contributed by atoms with Gasteiger partial charge in [0.25, 0.3) is 0 Å². The Bertz CT molecular complexity index is 188. The zero-order valence-corrected chi connectivity index (χ0v) is 5.71. The quantitative estimate of drug-likeness (QED) is 0.501. The highest BCUT2D eigenvalue weighted by molar-refractivity contribution is 5.85. The van der Waals surface area contributed by atoms with Crippen molar-refractivity contribution in [2.24, 2.45) is 10.9 Å². The molecule has 1 fully saturated rings. The number of hydrogen-bond acceptors (Lipinski definition) is 2. The third kappa shape index (κ3) is 0.735. The Kier molecular flexibility index (Phi) is 1.22. The van der Waals surface area contributed by atoms with Crippen molar-refractivity contribution >= 4 is 12.1 Å². The van der Waals surface area contributed by atoms with Gasteiger partial charge in [-0.25, -0.2) is 0 Å². The van der Waals surface area contributed by atoms with Gasteiger partial charge in [-0.3, -0.25) is 9.79 Å². The standard InChI is InChI=1S/C7H10N2O/c10-7-5-1-3-8-6(5)2-4-9-7/h3,5-6H,1-2,4H2,(H,9,10). The number of nitrogens with zero attached hydrogens (tertiary/aromatic N) is 1. The van der Waals surface area contributed by atoms with Gasteiger partial charge >= 0.3 is 0 Å². The first kappa shape index (κ1) is 5.89. The average Bonchev–Trinajstić information content (AvgIpc) is 2.36. The van der Waals surface area contributed by atoms with E-state index < -0.39 is 0 Å². The van der Waals surface area contributed by atoms with Crippen molar-refractivity contribution in [1.29, 1.82) is 0 Å². The minimum Gasteiger partial charge on any atom is -0.356 e. The molecule has 0 aromatic carbocycles. The summed E-state index contributed by atoms with van der Waals surface area (Å²) in [5, 5.41) is 2.83. The molecule has 2 rings (SSSR count). The maximum absolute atomic E-state index is 11.1. The van der Waals surface area contributed by atoms with Crippen molar-refractivity contribution in [2.45, 2.75) is 18.9 Å². The fourth-order valence-electron chi connectivity index (χ4n) is 1.60. The van der Waals surface area contributed by atoms with Gasteiger partial charge in [0.1, 0.15) is 0 Å². The molecule has 0 aromatic heterocycles. The molecule has 3 heteroatoms. The number of hydrogen-bond donors (Lipinski definition) is 1. The zero-order valence-electron chi connectivity index (χ0n) is 5.71. The summed E-state index contributed by atoms with van der Waals surface area (Å²) in [7, 11) is 0. The fraction of sp³-hybridized carbons (Fsp3) is 0.714. The molecule has 1 N–H and O–H groups in total. The number of rotatable bonds is 0. The summed E-state index contributed by atoms with van der Waals surface area (Å²) in [5.74, 6) is 0.350. The van der Waals surface area contributed by atoms with E-state index in [9.17, 15) is 4.79 Å². The van der Waals surface area contributed by atoms with E-state index >= 15 is 0 Å². The summed E-state index contributed by atoms with van der Waals surface area (Å²) in [6.07, 6.45) is 3.74. The van der Waals surface area contributed by atoms with Gasteiger partial charge in [-0.1, -0.05) is 0 Å². The van der Waals surface area contributed by atoms with Crippen molar-refractivity contribution in [2.75, 3.05) is 6.54 Å². The Labute approximate surface area is 59.5 Å². The van der Waals surface area contributed by atoms with Gasteiger partial charge in [-0.15, -0.1) is 0 Å². The van der Waals surface area contributed by atoms with Crippen molar-refractivity contribution in [3.8, 4) is 0 Å². The molecule has 0 spiro atoms. The van der Waals surface area contributed by atoms with Crippen LogP contribution in [0.15, 0.2) is 4.99 Å². The van der Waals surface area contributed by atoms with Crippen LogP contribution in [0.3, 0.4) is 0 Å². The van der Waals surface area contributed by atoms with Crippen LogP contribution in [-0.4, -0.2) is 24.7 Å². The second-order valence-electron chi connectivity index (χ2n) is 2.82. The van der Waals surface area contributed by atoms with E-state index in [1.54, 1.807) is 0 Å². The summed E-state index contributed by atoms with van der Waals surface area (Å²) in [5.41, 5.74) is 0. The molecule has 3 nitrogen and oxygen atoms in total. The molecular weight excluding hydrogens is 128 g/mol. The highest BCUT2D eigenvalue weighted by Gasteiger charge is 2.33. The maximum atomic E-state index is 11.1. The van der Waals surface area contributed by atoms with Crippen molar-refractivity contribution in [1.82, 2.24) is 5.32 Å². The summed E-state index contributed by atoms with van der Waals surface area (Å²) >= 11 is 0. The van der Waals surface area contributed by atoms with Gasteiger partial charge in [-0.2, -0.15) is 0 Å². The lowest BCUT2D eigenvalue weighted by atomic mass is 9.93. The smallest absolute Gasteiger partial charge is 0.225 e. The molecule has 0 aliphatic carbocycles. The Balaban J connectivity index is 2.14. The predicted octanol–water partition coefficient (Wildman–Crippen LogP) is -0.0344. The molecule has 54 valence electrons. The van der Waals surface area contributed by atoms with Crippen LogP contribution in [0.5, 0.6) is 0 Å². The normalized spacial score (nSPS) is 37.4. The van der Waals surface area contributed by atoms with E-state index in [4.69, 9.17) is 0 Å². The summed E-state index contributed by atoms with van der Waals surface area (Å²) in [4.78, 5) is 15.3. The van der Waals surface area contributed by atoms with E-state index in [0.29, 0.717) is 6.04 Å². The Hall–Kier alpha value is -0.860. The summed E-state index contributed by atoms with van der Waals surface area (Å²) < 4.78 is 0. The molecule has 10 heavy (non-hydrogen) atoms. The molecule has 2 atom stereocenters. The second kappa shape index (κ2) is 2.08. The maximum Gasteiger partial charge on any atom is 0.225 e. The summed E-state index contributed by atoms with van der Waals surface area (Å²) in [6.45, 7) is 0.803. The molecule has 0 bridgehead atoms. The molecule has 0 saturated carbocycles. The van der Waals surface area contributed by atoms with Crippen LogP contribution in [0, 0.1) is 5.92 Å². The average molecular weight is 138 g/mol. The zero-order chi connectivity index (χ0) is 6.97. The minimum absolute atomic E-state index is 0.161. The first-order chi connectivity index (χ1) is 4.88. The van der Waals surface area contributed by atoms with Crippen molar-refractivity contribution in [3.05, 3.63) is 0 Å². The first-order valence-corrected chi connectivity index (χ1v) is 3.67. The molecule has 2 unspecified atom stereocenters. The number of aliphatic imine (C=N–C) groups is 1. The van der Waals surface area contributed by atoms with Crippen LogP contribution in [0.4, 0.5) is 0 Å². The Morgan fingerprint density at radius 3 is 3.40 bits per heavy atom. The molecule has 2 aliphatic rings. The fourth-order valence-corrected chi connectivity index (χ4v) is 1.60. The Morgan fingerprint density at radius 2 is 2.60 bits per heavy atom. The van der Waals surface area contributed by atoms with Gasteiger partial charge in [0.15, 0.2) is 0 Å². The number of piperidine rings is 1. The van der Waals surface area contributed by atoms with Crippen LogP contribution in [0.1, 0.15) is 12.8 Å². The predicted molar refractivity (Wildman–Crippen MR) is 38.0 cm³/mol. The third-order valence-corrected chi connectivity index (χ3v) is 2.20. The van der Waals surface area contributed by atoms with E-state index in [1.807, 2.05) is 6.21 Å².